The van der Waals surface area contributed by atoms with E-state index in [1.807, 2.05) is 39.0 Å². The van der Waals surface area contributed by atoms with Gasteiger partial charge in [0.25, 0.3) is 0 Å². The Balaban J connectivity index is 2.54. The first kappa shape index (κ1) is 18.3. The van der Waals surface area contributed by atoms with Crippen LogP contribution in [-0.2, 0) is 0 Å². The van der Waals surface area contributed by atoms with Crippen molar-refractivity contribution in [3.05, 3.63) is 23.8 Å². The molecule has 0 aliphatic rings. The average Bonchev–Trinajstić information content (AvgIpc) is 2.45. The van der Waals surface area contributed by atoms with Gasteiger partial charge in [0.2, 0.25) is 0 Å². The van der Waals surface area contributed by atoms with E-state index in [1.54, 1.807) is 0 Å². The minimum absolute atomic E-state index is 0.120. The minimum Gasteiger partial charge on any atom is -0.494 e. The van der Waals surface area contributed by atoms with Crippen molar-refractivity contribution in [3.8, 4) is 5.75 Å². The molecule has 0 atom stereocenters. The summed E-state index contributed by atoms with van der Waals surface area (Å²) >= 11 is 0. The Hall–Kier alpha value is -1.75. The van der Waals surface area contributed by atoms with Gasteiger partial charge in [0, 0.05) is 18.8 Å². The molecule has 1 aromatic carbocycles. The van der Waals surface area contributed by atoms with Crippen LogP contribution in [0.5, 0.6) is 5.75 Å². The Kier molecular flexibility index (Phi) is 7.18. The number of rotatable bonds is 8. The SMILES string of the molecule is CCCOc1ccc(NC(=O)NCC(C)(C)CCO)c(C)c1. The average molecular weight is 308 g/mol. The van der Waals surface area contributed by atoms with Gasteiger partial charge in [0.15, 0.2) is 0 Å². The zero-order valence-corrected chi connectivity index (χ0v) is 14.0. The lowest BCUT2D eigenvalue weighted by molar-refractivity contribution is 0.204. The summed E-state index contributed by atoms with van der Waals surface area (Å²) in [6.45, 7) is 9.33. The van der Waals surface area contributed by atoms with Crippen LogP contribution >= 0.6 is 0 Å². The Morgan fingerprint density at radius 1 is 1.36 bits per heavy atom. The van der Waals surface area contributed by atoms with Crippen molar-refractivity contribution < 1.29 is 14.6 Å². The van der Waals surface area contributed by atoms with E-state index in [2.05, 4.69) is 17.6 Å². The van der Waals surface area contributed by atoms with E-state index in [0.717, 1.165) is 23.4 Å². The Morgan fingerprint density at radius 3 is 2.68 bits per heavy atom. The second kappa shape index (κ2) is 8.63. The predicted molar refractivity (Wildman–Crippen MR) is 89.5 cm³/mol. The summed E-state index contributed by atoms with van der Waals surface area (Å²) in [5, 5.41) is 14.7. The normalized spacial score (nSPS) is 11.1. The van der Waals surface area contributed by atoms with Crippen LogP contribution in [-0.4, -0.2) is 30.9 Å². The molecule has 0 aliphatic heterocycles. The van der Waals surface area contributed by atoms with Crippen molar-refractivity contribution in [2.45, 2.75) is 40.5 Å². The van der Waals surface area contributed by atoms with Gasteiger partial charge in [0.1, 0.15) is 5.75 Å². The summed E-state index contributed by atoms with van der Waals surface area (Å²) in [6, 6.07) is 5.38. The fourth-order valence-electron chi connectivity index (χ4n) is 1.96. The van der Waals surface area contributed by atoms with Crippen LogP contribution in [0.2, 0.25) is 0 Å². The predicted octanol–water partition coefficient (Wildman–Crippen LogP) is 3.31. The van der Waals surface area contributed by atoms with Crippen molar-refractivity contribution in [1.82, 2.24) is 5.32 Å². The van der Waals surface area contributed by atoms with E-state index in [4.69, 9.17) is 9.84 Å². The van der Waals surface area contributed by atoms with E-state index >= 15 is 0 Å². The maximum atomic E-state index is 12.0. The van der Waals surface area contributed by atoms with Crippen LogP contribution in [0.3, 0.4) is 0 Å². The van der Waals surface area contributed by atoms with Gasteiger partial charge >= 0.3 is 6.03 Å². The van der Waals surface area contributed by atoms with Crippen LogP contribution in [0.1, 0.15) is 39.2 Å². The lowest BCUT2D eigenvalue weighted by atomic mass is 9.90. The Labute approximate surface area is 133 Å². The molecule has 1 aromatic rings. The van der Waals surface area contributed by atoms with Crippen molar-refractivity contribution in [2.24, 2.45) is 5.41 Å². The molecule has 1 rings (SSSR count). The van der Waals surface area contributed by atoms with Gasteiger partial charge in [-0.2, -0.15) is 0 Å². The van der Waals surface area contributed by atoms with Gasteiger partial charge in [-0.25, -0.2) is 4.79 Å². The van der Waals surface area contributed by atoms with E-state index in [0.29, 0.717) is 19.6 Å². The van der Waals surface area contributed by atoms with Crippen LogP contribution in [0, 0.1) is 12.3 Å². The number of aliphatic hydroxyl groups excluding tert-OH is 1. The highest BCUT2D eigenvalue weighted by atomic mass is 16.5. The summed E-state index contributed by atoms with van der Waals surface area (Å²) < 4.78 is 5.56. The molecule has 0 bridgehead atoms. The van der Waals surface area contributed by atoms with Gasteiger partial charge < -0.3 is 20.5 Å². The number of amides is 2. The zero-order valence-electron chi connectivity index (χ0n) is 14.0. The number of hydrogen-bond acceptors (Lipinski definition) is 3. The van der Waals surface area contributed by atoms with Crippen molar-refractivity contribution in [2.75, 3.05) is 25.1 Å². The third-order valence-corrected chi connectivity index (χ3v) is 3.44. The number of aryl methyl sites for hydroxylation is 1. The van der Waals surface area contributed by atoms with E-state index in [-0.39, 0.29) is 18.1 Å². The summed E-state index contributed by atoms with van der Waals surface area (Å²) in [5.74, 6) is 0.814. The molecule has 0 radical (unpaired) electrons. The number of urea groups is 1. The van der Waals surface area contributed by atoms with Crippen molar-refractivity contribution in [3.63, 3.8) is 0 Å². The summed E-state index contributed by atoms with van der Waals surface area (Å²) in [5.41, 5.74) is 1.60. The summed E-state index contributed by atoms with van der Waals surface area (Å²) in [7, 11) is 0. The molecule has 0 unspecified atom stereocenters. The molecule has 0 heterocycles. The number of benzene rings is 1. The number of nitrogens with one attached hydrogen (secondary N) is 2. The standard InChI is InChI=1S/C17H28N2O3/c1-5-10-22-14-6-7-15(13(2)11-14)19-16(21)18-12-17(3,4)8-9-20/h6-7,11,20H,5,8-10,12H2,1-4H3,(H2,18,19,21). The topological polar surface area (TPSA) is 70.6 Å². The number of carbonyl (C=O) groups is 1. The van der Waals surface area contributed by atoms with Crippen molar-refractivity contribution in [1.29, 1.82) is 0 Å². The molecule has 0 aromatic heterocycles. The molecule has 22 heavy (non-hydrogen) atoms. The van der Waals surface area contributed by atoms with Crippen LogP contribution in [0.4, 0.5) is 10.5 Å². The summed E-state index contributed by atoms with van der Waals surface area (Å²) in [4.78, 5) is 12.0. The third-order valence-electron chi connectivity index (χ3n) is 3.44. The smallest absolute Gasteiger partial charge is 0.319 e. The molecule has 0 saturated heterocycles. The summed E-state index contributed by atoms with van der Waals surface area (Å²) in [6.07, 6.45) is 1.61. The largest absolute Gasteiger partial charge is 0.494 e. The monoisotopic (exact) mass is 308 g/mol. The first-order valence-electron chi connectivity index (χ1n) is 7.77. The molecule has 0 aliphatic carbocycles. The lowest BCUT2D eigenvalue weighted by Gasteiger charge is -2.24. The number of aliphatic hydroxyl groups is 1. The number of anilines is 1. The molecule has 124 valence electrons. The van der Waals surface area contributed by atoms with Gasteiger partial charge in [-0.3, -0.25) is 0 Å². The molecule has 5 heteroatoms. The van der Waals surface area contributed by atoms with Gasteiger partial charge in [-0.05, 0) is 48.9 Å². The van der Waals surface area contributed by atoms with Gasteiger partial charge in [0.05, 0.1) is 6.61 Å². The fourth-order valence-corrected chi connectivity index (χ4v) is 1.96. The molecule has 2 amide bonds. The molecule has 5 nitrogen and oxygen atoms in total. The van der Waals surface area contributed by atoms with E-state index in [9.17, 15) is 4.79 Å². The van der Waals surface area contributed by atoms with Crippen molar-refractivity contribution >= 4 is 11.7 Å². The fraction of sp³-hybridized carbons (Fsp3) is 0.588. The molecular weight excluding hydrogens is 280 g/mol. The van der Waals surface area contributed by atoms with Crippen LogP contribution in [0.25, 0.3) is 0 Å². The lowest BCUT2D eigenvalue weighted by Crippen LogP contribution is -2.37. The zero-order chi connectivity index (χ0) is 16.6. The number of hydrogen-bond donors (Lipinski definition) is 3. The van der Waals surface area contributed by atoms with E-state index in [1.165, 1.54) is 0 Å². The maximum absolute atomic E-state index is 12.0. The molecular formula is C17H28N2O3. The maximum Gasteiger partial charge on any atom is 0.319 e. The number of ether oxygens (including phenoxy) is 1. The Morgan fingerprint density at radius 2 is 2.09 bits per heavy atom. The molecule has 0 fully saturated rings. The second-order valence-corrected chi connectivity index (χ2v) is 6.27. The molecule has 0 spiro atoms. The molecule has 3 N–H and O–H groups in total. The van der Waals surface area contributed by atoms with Gasteiger partial charge in [-0.1, -0.05) is 20.8 Å². The van der Waals surface area contributed by atoms with Crippen LogP contribution in [0.15, 0.2) is 18.2 Å². The van der Waals surface area contributed by atoms with Crippen LogP contribution < -0.4 is 15.4 Å². The molecule has 0 saturated carbocycles. The highest BCUT2D eigenvalue weighted by Crippen LogP contribution is 2.22. The second-order valence-electron chi connectivity index (χ2n) is 6.27. The Bertz CT molecular complexity index is 487. The minimum atomic E-state index is -0.239. The number of carbonyl (C=O) groups excluding carboxylic acids is 1. The van der Waals surface area contributed by atoms with E-state index < -0.39 is 0 Å². The highest BCUT2D eigenvalue weighted by molar-refractivity contribution is 5.90. The third kappa shape index (κ3) is 6.35. The quantitative estimate of drug-likeness (QED) is 0.690. The van der Waals surface area contributed by atoms with Gasteiger partial charge in [-0.15, -0.1) is 0 Å². The first-order chi connectivity index (χ1) is 10.4. The first-order valence-corrected chi connectivity index (χ1v) is 7.77. The highest BCUT2D eigenvalue weighted by Gasteiger charge is 2.18.